The summed E-state index contributed by atoms with van der Waals surface area (Å²) in [6.07, 6.45) is 1.01. The molecule has 72 valence electrons. The Kier molecular flexibility index (Phi) is 3.62. The van der Waals surface area contributed by atoms with Gasteiger partial charge in [-0.1, -0.05) is 13.0 Å². The minimum Gasteiger partial charge on any atom is -0.496 e. The normalized spacial score (nSPS) is 9.77. The molecular formula is C11H17NO. The van der Waals surface area contributed by atoms with E-state index in [4.69, 9.17) is 4.74 Å². The third kappa shape index (κ3) is 2.38. The van der Waals surface area contributed by atoms with Crippen LogP contribution in [-0.2, 0) is 6.42 Å². The van der Waals surface area contributed by atoms with E-state index in [1.165, 1.54) is 5.56 Å². The highest BCUT2D eigenvalue weighted by atomic mass is 16.5. The van der Waals surface area contributed by atoms with Crippen molar-refractivity contribution < 1.29 is 4.74 Å². The second-order valence-electron chi connectivity index (χ2n) is 2.91. The van der Waals surface area contributed by atoms with Gasteiger partial charge >= 0.3 is 0 Å². The van der Waals surface area contributed by atoms with Crippen molar-refractivity contribution in [2.75, 3.05) is 19.0 Å². The molecule has 0 spiro atoms. The smallest absolute Gasteiger partial charge is 0.124 e. The fourth-order valence-electron chi connectivity index (χ4n) is 1.35. The summed E-state index contributed by atoms with van der Waals surface area (Å²) in [4.78, 5) is 0. The molecule has 1 aromatic rings. The zero-order chi connectivity index (χ0) is 9.68. The molecule has 0 radical (unpaired) electrons. The van der Waals surface area contributed by atoms with Gasteiger partial charge in [0.2, 0.25) is 0 Å². The van der Waals surface area contributed by atoms with Crippen LogP contribution < -0.4 is 10.1 Å². The SMILES string of the molecule is CCNc1ccc(CC)c(OC)c1. The molecule has 0 aliphatic heterocycles. The summed E-state index contributed by atoms with van der Waals surface area (Å²) in [5, 5.41) is 3.25. The Morgan fingerprint density at radius 3 is 2.62 bits per heavy atom. The van der Waals surface area contributed by atoms with E-state index < -0.39 is 0 Å². The topological polar surface area (TPSA) is 21.3 Å². The molecule has 0 atom stereocenters. The third-order valence-electron chi connectivity index (χ3n) is 2.05. The number of methoxy groups -OCH3 is 1. The number of benzene rings is 1. The van der Waals surface area contributed by atoms with Crippen LogP contribution in [0, 0.1) is 0 Å². The van der Waals surface area contributed by atoms with Crippen LogP contribution in [-0.4, -0.2) is 13.7 Å². The summed E-state index contributed by atoms with van der Waals surface area (Å²) < 4.78 is 5.28. The average molecular weight is 179 g/mol. The van der Waals surface area contributed by atoms with Gasteiger partial charge in [-0.15, -0.1) is 0 Å². The Hall–Kier alpha value is -1.18. The van der Waals surface area contributed by atoms with Crippen molar-refractivity contribution in [1.29, 1.82) is 0 Å². The van der Waals surface area contributed by atoms with E-state index in [0.29, 0.717) is 0 Å². The van der Waals surface area contributed by atoms with Gasteiger partial charge in [-0.2, -0.15) is 0 Å². The summed E-state index contributed by atoms with van der Waals surface area (Å²) in [5.41, 5.74) is 2.38. The van der Waals surface area contributed by atoms with Crippen molar-refractivity contribution in [1.82, 2.24) is 0 Å². The summed E-state index contributed by atoms with van der Waals surface area (Å²) >= 11 is 0. The number of anilines is 1. The van der Waals surface area contributed by atoms with Gasteiger partial charge in [-0.25, -0.2) is 0 Å². The minimum absolute atomic E-state index is 0.939. The van der Waals surface area contributed by atoms with Gasteiger partial charge in [0.25, 0.3) is 0 Å². The van der Waals surface area contributed by atoms with Crippen molar-refractivity contribution in [2.24, 2.45) is 0 Å². The molecule has 0 bridgehead atoms. The molecular weight excluding hydrogens is 162 g/mol. The number of rotatable bonds is 4. The van der Waals surface area contributed by atoms with Crippen molar-refractivity contribution in [3.8, 4) is 5.75 Å². The van der Waals surface area contributed by atoms with Gasteiger partial charge in [-0.3, -0.25) is 0 Å². The number of ether oxygens (including phenoxy) is 1. The van der Waals surface area contributed by atoms with Crippen LogP contribution >= 0.6 is 0 Å². The molecule has 0 fully saturated rings. The first-order chi connectivity index (χ1) is 6.31. The Balaban J connectivity index is 2.91. The van der Waals surface area contributed by atoms with Crippen LogP contribution in [0.4, 0.5) is 5.69 Å². The lowest BCUT2D eigenvalue weighted by Gasteiger charge is -2.09. The van der Waals surface area contributed by atoms with E-state index in [-0.39, 0.29) is 0 Å². The lowest BCUT2D eigenvalue weighted by Crippen LogP contribution is -1.98. The second kappa shape index (κ2) is 4.75. The highest BCUT2D eigenvalue weighted by Crippen LogP contribution is 2.23. The van der Waals surface area contributed by atoms with Gasteiger partial charge < -0.3 is 10.1 Å². The van der Waals surface area contributed by atoms with Crippen molar-refractivity contribution in [2.45, 2.75) is 20.3 Å². The Morgan fingerprint density at radius 1 is 1.31 bits per heavy atom. The molecule has 1 aromatic carbocycles. The van der Waals surface area contributed by atoms with Crippen LogP contribution in [0.5, 0.6) is 5.75 Å². The van der Waals surface area contributed by atoms with E-state index in [1.54, 1.807) is 7.11 Å². The molecule has 0 saturated heterocycles. The standard InChI is InChI=1S/C11H17NO/c1-4-9-6-7-10(12-5-2)8-11(9)13-3/h6-8,12H,4-5H2,1-3H3. The highest BCUT2D eigenvalue weighted by Gasteiger charge is 2.01. The molecule has 13 heavy (non-hydrogen) atoms. The van der Waals surface area contributed by atoms with Crippen LogP contribution in [0.3, 0.4) is 0 Å². The van der Waals surface area contributed by atoms with E-state index in [0.717, 1.165) is 24.4 Å². The molecule has 0 saturated carbocycles. The van der Waals surface area contributed by atoms with Crippen LogP contribution in [0.15, 0.2) is 18.2 Å². The fourth-order valence-corrected chi connectivity index (χ4v) is 1.35. The van der Waals surface area contributed by atoms with Crippen LogP contribution in [0.2, 0.25) is 0 Å². The minimum atomic E-state index is 0.939. The second-order valence-corrected chi connectivity index (χ2v) is 2.91. The molecule has 0 heterocycles. The average Bonchev–Trinajstić information content (AvgIpc) is 2.18. The maximum absolute atomic E-state index is 5.28. The van der Waals surface area contributed by atoms with Gasteiger partial charge in [0.15, 0.2) is 0 Å². The fraction of sp³-hybridized carbons (Fsp3) is 0.455. The lowest BCUT2D eigenvalue weighted by atomic mass is 10.1. The van der Waals surface area contributed by atoms with Crippen molar-refractivity contribution in [3.63, 3.8) is 0 Å². The summed E-state index contributed by atoms with van der Waals surface area (Å²) in [7, 11) is 1.71. The first kappa shape index (κ1) is 9.90. The Morgan fingerprint density at radius 2 is 2.08 bits per heavy atom. The maximum atomic E-state index is 5.28. The molecule has 0 unspecified atom stereocenters. The summed E-state index contributed by atoms with van der Waals surface area (Å²) in [6.45, 7) is 5.15. The number of nitrogens with one attached hydrogen (secondary N) is 1. The highest BCUT2D eigenvalue weighted by molar-refractivity contribution is 5.51. The van der Waals surface area contributed by atoms with Gasteiger partial charge in [0.05, 0.1) is 7.11 Å². The predicted molar refractivity (Wildman–Crippen MR) is 56.5 cm³/mol. The molecule has 1 rings (SSSR count). The van der Waals surface area contributed by atoms with Gasteiger partial charge in [0.1, 0.15) is 5.75 Å². The van der Waals surface area contributed by atoms with Crippen LogP contribution in [0.1, 0.15) is 19.4 Å². The summed E-state index contributed by atoms with van der Waals surface area (Å²) in [5.74, 6) is 0.973. The number of hydrogen-bond donors (Lipinski definition) is 1. The van der Waals surface area contributed by atoms with Crippen molar-refractivity contribution in [3.05, 3.63) is 23.8 Å². The zero-order valence-corrected chi connectivity index (χ0v) is 8.55. The zero-order valence-electron chi connectivity index (χ0n) is 8.55. The number of hydrogen-bond acceptors (Lipinski definition) is 2. The predicted octanol–water partition coefficient (Wildman–Crippen LogP) is 2.69. The van der Waals surface area contributed by atoms with E-state index in [1.807, 2.05) is 6.07 Å². The molecule has 2 nitrogen and oxygen atoms in total. The molecule has 0 amide bonds. The van der Waals surface area contributed by atoms with Crippen molar-refractivity contribution >= 4 is 5.69 Å². The molecule has 0 aliphatic rings. The Labute approximate surface area is 79.9 Å². The van der Waals surface area contributed by atoms with E-state index in [9.17, 15) is 0 Å². The molecule has 2 heteroatoms. The first-order valence-corrected chi connectivity index (χ1v) is 4.72. The molecule has 0 aromatic heterocycles. The Bertz CT molecular complexity index is 271. The third-order valence-corrected chi connectivity index (χ3v) is 2.05. The van der Waals surface area contributed by atoms with E-state index in [2.05, 4.69) is 31.3 Å². The summed E-state index contributed by atoms with van der Waals surface area (Å²) in [6, 6.07) is 6.24. The molecule has 0 aliphatic carbocycles. The van der Waals surface area contributed by atoms with Crippen LogP contribution in [0.25, 0.3) is 0 Å². The van der Waals surface area contributed by atoms with Gasteiger partial charge in [0, 0.05) is 18.3 Å². The maximum Gasteiger partial charge on any atom is 0.124 e. The van der Waals surface area contributed by atoms with E-state index >= 15 is 0 Å². The first-order valence-electron chi connectivity index (χ1n) is 4.72. The number of aryl methyl sites for hydroxylation is 1. The largest absolute Gasteiger partial charge is 0.496 e. The molecule has 1 N–H and O–H groups in total. The quantitative estimate of drug-likeness (QED) is 0.767. The monoisotopic (exact) mass is 179 g/mol. The lowest BCUT2D eigenvalue weighted by molar-refractivity contribution is 0.410. The van der Waals surface area contributed by atoms with Gasteiger partial charge in [-0.05, 0) is 25.0 Å².